The minimum absolute atomic E-state index is 0.140. The molecule has 1 aromatic heterocycles. The highest BCUT2D eigenvalue weighted by Crippen LogP contribution is 2.34. The number of nitrogens with one attached hydrogen (secondary N) is 1. The number of hydrogen-bond donors (Lipinski definition) is 1. The molecule has 2 aromatic carbocycles. The Kier molecular flexibility index (Phi) is 6.78. The van der Waals surface area contributed by atoms with E-state index in [9.17, 15) is 18.0 Å². The van der Waals surface area contributed by atoms with Gasteiger partial charge in [-0.15, -0.1) is 5.10 Å². The lowest BCUT2D eigenvalue weighted by Gasteiger charge is -2.18. The van der Waals surface area contributed by atoms with Gasteiger partial charge in [-0.2, -0.15) is 13.2 Å². The topological polar surface area (TPSA) is 81.5 Å². The Morgan fingerprint density at radius 3 is 2.50 bits per heavy atom. The zero-order chi connectivity index (χ0) is 25.3. The lowest BCUT2D eigenvalue weighted by Crippen LogP contribution is -2.44. The lowest BCUT2D eigenvalue weighted by molar-refractivity contribution is -0.137. The fraction of sp³-hybridized carbons (Fsp3) is 0.400. The number of fused-ring (bicyclic) bond motifs is 1. The number of alkyl halides is 3. The van der Waals surface area contributed by atoms with Crippen molar-refractivity contribution in [3.05, 3.63) is 83.2 Å². The summed E-state index contributed by atoms with van der Waals surface area (Å²) in [6.07, 6.45) is -3.27. The number of hydrogen-bond acceptors (Lipinski definition) is 6. The van der Waals surface area contributed by atoms with Crippen molar-refractivity contribution in [2.75, 3.05) is 20.3 Å². The first-order valence-corrected chi connectivity index (χ1v) is 11.6. The normalized spacial score (nSPS) is 23.7. The molecule has 0 aliphatic carbocycles. The van der Waals surface area contributed by atoms with Crippen LogP contribution in [-0.4, -0.2) is 64.3 Å². The molecule has 4 atom stereocenters. The molecular formula is C25H26F3N5O3. The number of ether oxygens (including phenoxy) is 2. The van der Waals surface area contributed by atoms with Crippen molar-refractivity contribution in [2.45, 2.75) is 43.6 Å². The summed E-state index contributed by atoms with van der Waals surface area (Å²) in [5, 5.41) is 11.4. The smallest absolute Gasteiger partial charge is 0.371 e. The maximum absolute atomic E-state index is 12.8. The summed E-state index contributed by atoms with van der Waals surface area (Å²) in [6.45, 7) is 2.00. The number of carbonyl (C=O) groups is 1. The summed E-state index contributed by atoms with van der Waals surface area (Å²) in [5.41, 5.74) is 1.37. The van der Waals surface area contributed by atoms with Crippen molar-refractivity contribution in [3.8, 4) is 0 Å². The van der Waals surface area contributed by atoms with Gasteiger partial charge >= 0.3 is 6.18 Å². The van der Waals surface area contributed by atoms with Crippen LogP contribution in [0.2, 0.25) is 0 Å². The number of halogens is 3. The molecule has 3 heterocycles. The molecule has 1 amide bonds. The summed E-state index contributed by atoms with van der Waals surface area (Å²) in [6, 6.07) is 13.7. The van der Waals surface area contributed by atoms with Crippen molar-refractivity contribution in [1.82, 2.24) is 25.2 Å². The zero-order valence-corrected chi connectivity index (χ0v) is 19.6. The zero-order valence-electron chi connectivity index (χ0n) is 19.6. The van der Waals surface area contributed by atoms with E-state index in [2.05, 4.69) is 32.7 Å². The van der Waals surface area contributed by atoms with Crippen molar-refractivity contribution >= 4 is 5.91 Å². The van der Waals surface area contributed by atoms with Gasteiger partial charge in [-0.3, -0.25) is 9.69 Å². The van der Waals surface area contributed by atoms with Gasteiger partial charge < -0.3 is 14.8 Å². The molecule has 11 heteroatoms. The lowest BCUT2D eigenvalue weighted by atomic mass is 10.1. The monoisotopic (exact) mass is 501 g/mol. The highest BCUT2D eigenvalue weighted by molar-refractivity contribution is 5.94. The number of rotatable bonds is 7. The van der Waals surface area contributed by atoms with Gasteiger partial charge in [0.25, 0.3) is 5.91 Å². The molecule has 5 rings (SSSR count). The van der Waals surface area contributed by atoms with Gasteiger partial charge in [-0.25, -0.2) is 4.68 Å². The van der Waals surface area contributed by atoms with E-state index in [4.69, 9.17) is 9.47 Å². The highest BCUT2D eigenvalue weighted by Gasteiger charge is 2.49. The molecule has 2 saturated heterocycles. The molecule has 8 nitrogen and oxygen atoms in total. The Bertz CT molecular complexity index is 1190. The number of aromatic nitrogens is 3. The van der Waals surface area contributed by atoms with Gasteiger partial charge in [-0.1, -0.05) is 35.5 Å². The molecule has 2 aliphatic rings. The minimum Gasteiger partial charge on any atom is -0.371 e. The molecule has 190 valence electrons. The van der Waals surface area contributed by atoms with Crippen LogP contribution in [0, 0.1) is 0 Å². The van der Waals surface area contributed by atoms with Crippen LogP contribution >= 0.6 is 0 Å². The predicted molar refractivity (Wildman–Crippen MR) is 123 cm³/mol. The number of amides is 1. The SMILES string of the molecule is CN(Cc1ccccc1)Cc1cn([C@H]2CO[C@H]3[C@@H]2OC[C@@H]3NC(=O)c2ccc(C(F)(F)F)cc2)nn1. The molecule has 0 saturated carbocycles. The molecule has 0 bridgehead atoms. The first kappa shape index (κ1) is 24.4. The molecule has 3 aromatic rings. The average molecular weight is 502 g/mol. The van der Waals surface area contributed by atoms with Crippen LogP contribution in [0.1, 0.15) is 33.2 Å². The van der Waals surface area contributed by atoms with Gasteiger partial charge in [0.15, 0.2) is 0 Å². The standard InChI is InChI=1S/C25H26F3N5O3/c1-32(11-16-5-3-2-4-6-16)12-19-13-33(31-30-19)21-15-36-22-20(14-35-23(21)22)29-24(34)17-7-9-18(10-8-17)25(26,27)28/h2-10,13,20-23H,11-12,14-15H2,1H3,(H,29,34)/t20-,21-,22+,23+/m0/s1. The van der Waals surface area contributed by atoms with Crippen LogP contribution in [0.5, 0.6) is 0 Å². The van der Waals surface area contributed by atoms with Gasteiger partial charge in [-0.05, 0) is 36.9 Å². The second-order valence-electron chi connectivity index (χ2n) is 9.17. The second-order valence-corrected chi connectivity index (χ2v) is 9.17. The summed E-state index contributed by atoms with van der Waals surface area (Å²) in [4.78, 5) is 14.8. The van der Waals surface area contributed by atoms with Gasteiger partial charge in [0, 0.05) is 18.7 Å². The van der Waals surface area contributed by atoms with Gasteiger partial charge in [0.1, 0.15) is 18.2 Å². The molecule has 0 radical (unpaired) electrons. The Balaban J connectivity index is 1.17. The van der Waals surface area contributed by atoms with Crippen LogP contribution < -0.4 is 5.32 Å². The molecule has 36 heavy (non-hydrogen) atoms. The Labute approximate surface area is 206 Å². The van der Waals surface area contributed by atoms with E-state index in [0.29, 0.717) is 13.2 Å². The highest BCUT2D eigenvalue weighted by atomic mass is 19.4. The molecular weight excluding hydrogens is 475 g/mol. The van der Waals surface area contributed by atoms with E-state index in [-0.39, 0.29) is 30.4 Å². The minimum atomic E-state index is -4.45. The number of nitrogens with zero attached hydrogens (tertiary/aromatic N) is 4. The Hall–Kier alpha value is -3.28. The van der Waals surface area contributed by atoms with Crippen molar-refractivity contribution in [3.63, 3.8) is 0 Å². The summed E-state index contributed by atoms with van der Waals surface area (Å²) >= 11 is 0. The fourth-order valence-corrected chi connectivity index (χ4v) is 4.67. The first-order valence-electron chi connectivity index (χ1n) is 11.6. The van der Waals surface area contributed by atoms with Crippen molar-refractivity contribution < 1.29 is 27.4 Å². The quantitative estimate of drug-likeness (QED) is 0.536. The van der Waals surface area contributed by atoms with Crippen LogP contribution in [0.4, 0.5) is 13.2 Å². The van der Waals surface area contributed by atoms with Crippen molar-refractivity contribution in [1.29, 1.82) is 0 Å². The molecule has 0 unspecified atom stereocenters. The molecule has 1 N–H and O–H groups in total. The largest absolute Gasteiger partial charge is 0.416 e. The van der Waals surface area contributed by atoms with Crippen LogP contribution in [0.3, 0.4) is 0 Å². The van der Waals surface area contributed by atoms with Crippen LogP contribution in [-0.2, 0) is 28.7 Å². The summed E-state index contributed by atoms with van der Waals surface area (Å²) < 4.78 is 52.0. The predicted octanol–water partition coefficient (Wildman–Crippen LogP) is 3.07. The maximum atomic E-state index is 12.8. The third-order valence-electron chi connectivity index (χ3n) is 6.44. The number of carbonyl (C=O) groups excluding carboxylic acids is 1. The third kappa shape index (κ3) is 5.28. The van der Waals surface area contributed by atoms with E-state index in [0.717, 1.165) is 36.5 Å². The summed E-state index contributed by atoms with van der Waals surface area (Å²) in [7, 11) is 2.02. The average Bonchev–Trinajstić information content (AvgIpc) is 3.57. The summed E-state index contributed by atoms with van der Waals surface area (Å²) in [5.74, 6) is -0.477. The maximum Gasteiger partial charge on any atom is 0.416 e. The first-order chi connectivity index (χ1) is 17.3. The molecule has 2 aliphatic heterocycles. The molecule has 2 fully saturated rings. The third-order valence-corrected chi connectivity index (χ3v) is 6.44. The van der Waals surface area contributed by atoms with E-state index in [1.807, 2.05) is 31.4 Å². The van der Waals surface area contributed by atoms with Crippen LogP contribution in [0.15, 0.2) is 60.8 Å². The van der Waals surface area contributed by atoms with Gasteiger partial charge in [0.05, 0.1) is 36.7 Å². The van der Waals surface area contributed by atoms with E-state index >= 15 is 0 Å². The van der Waals surface area contributed by atoms with Crippen molar-refractivity contribution in [2.24, 2.45) is 0 Å². The Morgan fingerprint density at radius 1 is 1.06 bits per heavy atom. The van der Waals surface area contributed by atoms with E-state index in [1.54, 1.807) is 4.68 Å². The fourth-order valence-electron chi connectivity index (χ4n) is 4.67. The number of benzene rings is 2. The Morgan fingerprint density at radius 2 is 1.78 bits per heavy atom. The van der Waals surface area contributed by atoms with Crippen LogP contribution in [0.25, 0.3) is 0 Å². The van der Waals surface area contributed by atoms with Gasteiger partial charge in [0.2, 0.25) is 0 Å². The second kappa shape index (κ2) is 10.00. The molecule has 0 spiro atoms. The van der Waals surface area contributed by atoms with E-state index in [1.165, 1.54) is 5.56 Å². The van der Waals surface area contributed by atoms with E-state index < -0.39 is 23.7 Å².